The number of rotatable bonds is 4. The summed E-state index contributed by atoms with van der Waals surface area (Å²) in [7, 11) is 2.11. The molecule has 21 heavy (non-hydrogen) atoms. The predicted molar refractivity (Wildman–Crippen MR) is 76.1 cm³/mol. The molecule has 1 aromatic rings. The summed E-state index contributed by atoms with van der Waals surface area (Å²) < 4.78 is 39.9. The van der Waals surface area contributed by atoms with Crippen molar-refractivity contribution in [2.24, 2.45) is 0 Å². The van der Waals surface area contributed by atoms with Gasteiger partial charge in [-0.2, -0.15) is 0 Å². The van der Waals surface area contributed by atoms with Crippen LogP contribution in [0.5, 0.6) is 5.75 Å². The Morgan fingerprint density at radius 1 is 1.10 bits per heavy atom. The van der Waals surface area contributed by atoms with Gasteiger partial charge in [0.15, 0.2) is 0 Å². The number of halogens is 3. The molecule has 0 atom stereocenters. The van der Waals surface area contributed by atoms with E-state index in [4.69, 9.17) is 0 Å². The van der Waals surface area contributed by atoms with E-state index in [0.717, 1.165) is 38.3 Å². The predicted octanol–water partition coefficient (Wildman–Crippen LogP) is 2.85. The van der Waals surface area contributed by atoms with Gasteiger partial charge < -0.3 is 9.64 Å². The largest absolute Gasteiger partial charge is 0.573 e. The Morgan fingerprint density at radius 3 is 2.29 bits per heavy atom. The molecule has 2 rings (SSSR count). The highest BCUT2D eigenvalue weighted by Crippen LogP contribution is 2.22. The first-order chi connectivity index (χ1) is 9.92. The molecule has 1 fully saturated rings. The molecule has 116 valence electrons. The van der Waals surface area contributed by atoms with E-state index in [1.165, 1.54) is 12.1 Å². The lowest BCUT2D eigenvalue weighted by Crippen LogP contribution is -2.44. The maximum absolute atomic E-state index is 12.0. The van der Waals surface area contributed by atoms with Crippen molar-refractivity contribution in [1.29, 1.82) is 0 Å². The van der Waals surface area contributed by atoms with Crippen LogP contribution < -0.4 is 4.74 Å². The van der Waals surface area contributed by atoms with Crippen LogP contribution in [-0.4, -0.2) is 55.9 Å². The van der Waals surface area contributed by atoms with E-state index in [9.17, 15) is 13.2 Å². The minimum atomic E-state index is -4.64. The number of benzene rings is 1. The Labute approximate surface area is 122 Å². The maximum atomic E-state index is 12.0. The number of hydrogen-bond acceptors (Lipinski definition) is 3. The molecule has 0 radical (unpaired) electrons. The Bertz CT molecular complexity index is 463. The second-order valence-electron chi connectivity index (χ2n) is 5.12. The highest BCUT2D eigenvalue weighted by atomic mass is 19.4. The van der Waals surface area contributed by atoms with Crippen LogP contribution in [0.1, 0.15) is 5.56 Å². The topological polar surface area (TPSA) is 15.7 Å². The second kappa shape index (κ2) is 6.95. The molecule has 0 unspecified atom stereocenters. The zero-order chi connectivity index (χ0) is 15.3. The summed E-state index contributed by atoms with van der Waals surface area (Å²) in [6.45, 7) is 5.07. The zero-order valence-corrected chi connectivity index (χ0v) is 11.9. The van der Waals surface area contributed by atoms with E-state index in [1.807, 2.05) is 12.2 Å². The molecule has 0 aliphatic carbocycles. The molecule has 0 saturated carbocycles. The van der Waals surface area contributed by atoms with Crippen LogP contribution >= 0.6 is 0 Å². The van der Waals surface area contributed by atoms with Crippen molar-refractivity contribution >= 4 is 6.08 Å². The quantitative estimate of drug-likeness (QED) is 0.850. The van der Waals surface area contributed by atoms with Gasteiger partial charge >= 0.3 is 6.36 Å². The first-order valence-electron chi connectivity index (χ1n) is 6.86. The van der Waals surface area contributed by atoms with Crippen LogP contribution in [-0.2, 0) is 0 Å². The summed E-state index contributed by atoms with van der Waals surface area (Å²) >= 11 is 0. The van der Waals surface area contributed by atoms with Crippen molar-refractivity contribution in [3.63, 3.8) is 0 Å². The standard InChI is InChI=1S/C15H19F3N2O/c1-19-9-11-20(12-10-19)8-2-3-13-4-6-14(7-5-13)21-15(16,17)18/h2-7H,8-12H2,1H3/b3-2+. The smallest absolute Gasteiger partial charge is 0.406 e. The van der Waals surface area contributed by atoms with Crippen molar-refractivity contribution in [3.05, 3.63) is 35.9 Å². The molecule has 1 aliphatic heterocycles. The summed E-state index contributed by atoms with van der Waals surface area (Å²) in [5.41, 5.74) is 0.860. The van der Waals surface area contributed by atoms with Crippen molar-refractivity contribution in [3.8, 4) is 5.75 Å². The third-order valence-corrected chi connectivity index (χ3v) is 3.38. The van der Waals surface area contributed by atoms with E-state index in [1.54, 1.807) is 12.1 Å². The summed E-state index contributed by atoms with van der Waals surface area (Å²) in [6, 6.07) is 5.87. The number of hydrogen-bond donors (Lipinski definition) is 0. The van der Waals surface area contributed by atoms with Gasteiger partial charge in [-0.3, -0.25) is 4.90 Å². The van der Waals surface area contributed by atoms with Crippen LogP contribution in [0.15, 0.2) is 30.3 Å². The van der Waals surface area contributed by atoms with Gasteiger partial charge in [-0.1, -0.05) is 24.3 Å². The third-order valence-electron chi connectivity index (χ3n) is 3.38. The lowest BCUT2D eigenvalue weighted by Gasteiger charge is -2.31. The number of alkyl halides is 3. The minimum Gasteiger partial charge on any atom is -0.406 e. The van der Waals surface area contributed by atoms with Crippen LogP contribution in [0.25, 0.3) is 6.08 Å². The first kappa shape index (κ1) is 15.9. The lowest BCUT2D eigenvalue weighted by atomic mass is 10.2. The average molecular weight is 300 g/mol. The van der Waals surface area contributed by atoms with E-state index in [2.05, 4.69) is 21.6 Å². The number of piperazine rings is 1. The first-order valence-corrected chi connectivity index (χ1v) is 6.86. The molecular formula is C15H19F3N2O. The van der Waals surface area contributed by atoms with Gasteiger partial charge in [-0.25, -0.2) is 0 Å². The molecule has 3 nitrogen and oxygen atoms in total. The summed E-state index contributed by atoms with van der Waals surface area (Å²) in [5, 5.41) is 0. The van der Waals surface area contributed by atoms with Crippen LogP contribution in [0, 0.1) is 0 Å². The fourth-order valence-electron chi connectivity index (χ4n) is 2.15. The fraction of sp³-hybridized carbons (Fsp3) is 0.467. The molecule has 1 heterocycles. The van der Waals surface area contributed by atoms with Gasteiger partial charge in [0, 0.05) is 32.7 Å². The summed E-state index contributed by atoms with van der Waals surface area (Å²) in [4.78, 5) is 4.64. The molecule has 1 aliphatic rings. The Kier molecular flexibility index (Phi) is 5.25. The molecule has 0 aromatic heterocycles. The van der Waals surface area contributed by atoms with Gasteiger partial charge in [0.1, 0.15) is 5.75 Å². The number of likely N-dealkylation sites (N-methyl/N-ethyl adjacent to an activating group) is 1. The Balaban J connectivity index is 1.81. The fourth-order valence-corrected chi connectivity index (χ4v) is 2.15. The molecular weight excluding hydrogens is 281 g/mol. The second-order valence-corrected chi connectivity index (χ2v) is 5.12. The van der Waals surface area contributed by atoms with Crippen LogP contribution in [0.4, 0.5) is 13.2 Å². The Morgan fingerprint density at radius 2 is 1.71 bits per heavy atom. The average Bonchev–Trinajstić information content (AvgIpc) is 2.41. The molecule has 1 aromatic carbocycles. The lowest BCUT2D eigenvalue weighted by molar-refractivity contribution is -0.274. The molecule has 1 saturated heterocycles. The van der Waals surface area contributed by atoms with Gasteiger partial charge in [0.05, 0.1) is 0 Å². The number of nitrogens with zero attached hydrogens (tertiary/aromatic N) is 2. The van der Waals surface area contributed by atoms with Gasteiger partial charge in [-0.15, -0.1) is 13.2 Å². The number of ether oxygens (including phenoxy) is 1. The highest BCUT2D eigenvalue weighted by Gasteiger charge is 2.30. The zero-order valence-electron chi connectivity index (χ0n) is 11.9. The van der Waals surface area contributed by atoms with E-state index < -0.39 is 6.36 Å². The van der Waals surface area contributed by atoms with E-state index >= 15 is 0 Å². The summed E-state index contributed by atoms with van der Waals surface area (Å²) in [5.74, 6) is -0.196. The van der Waals surface area contributed by atoms with E-state index in [0.29, 0.717) is 0 Å². The van der Waals surface area contributed by atoms with Crippen molar-refractivity contribution in [2.75, 3.05) is 39.8 Å². The van der Waals surface area contributed by atoms with Crippen molar-refractivity contribution in [2.45, 2.75) is 6.36 Å². The normalized spacial score (nSPS) is 18.3. The molecule has 0 amide bonds. The molecule has 0 bridgehead atoms. The highest BCUT2D eigenvalue weighted by molar-refractivity contribution is 5.50. The van der Waals surface area contributed by atoms with Crippen LogP contribution in [0.3, 0.4) is 0 Å². The van der Waals surface area contributed by atoms with Crippen molar-refractivity contribution < 1.29 is 17.9 Å². The molecule has 6 heteroatoms. The van der Waals surface area contributed by atoms with Gasteiger partial charge in [-0.05, 0) is 24.7 Å². The van der Waals surface area contributed by atoms with Crippen molar-refractivity contribution in [1.82, 2.24) is 9.80 Å². The summed E-state index contributed by atoms with van der Waals surface area (Å²) in [6.07, 6.45) is -0.695. The monoisotopic (exact) mass is 300 g/mol. The van der Waals surface area contributed by atoms with Gasteiger partial charge in [0.25, 0.3) is 0 Å². The molecule has 0 spiro atoms. The van der Waals surface area contributed by atoms with E-state index in [-0.39, 0.29) is 5.75 Å². The van der Waals surface area contributed by atoms with Crippen LogP contribution in [0.2, 0.25) is 0 Å². The Hall–Kier alpha value is -1.53. The maximum Gasteiger partial charge on any atom is 0.573 e. The molecule has 0 N–H and O–H groups in total. The van der Waals surface area contributed by atoms with Gasteiger partial charge in [0.2, 0.25) is 0 Å². The third kappa shape index (κ3) is 5.77. The SMILES string of the molecule is CN1CCN(C/C=C/c2ccc(OC(F)(F)F)cc2)CC1. The minimum absolute atomic E-state index is 0.196.